The number of hydrogen-bond donors (Lipinski definition) is 1. The first-order valence-corrected chi connectivity index (χ1v) is 7.56. The second kappa shape index (κ2) is 6.12. The number of halogens is 3. The van der Waals surface area contributed by atoms with Crippen molar-refractivity contribution in [1.29, 1.82) is 0 Å². The van der Waals surface area contributed by atoms with Crippen molar-refractivity contribution >= 4 is 5.97 Å². The molecule has 21 heavy (non-hydrogen) atoms. The topological polar surface area (TPSA) is 43.8 Å². The van der Waals surface area contributed by atoms with Crippen LogP contribution in [0.3, 0.4) is 0 Å². The Morgan fingerprint density at radius 1 is 1.29 bits per heavy atom. The average Bonchev–Trinajstić information content (AvgIpc) is 2.73. The average molecular weight is 308 g/mol. The summed E-state index contributed by atoms with van der Waals surface area (Å²) in [5.41, 5.74) is -2.58. The zero-order valence-corrected chi connectivity index (χ0v) is 12.3. The van der Waals surface area contributed by atoms with Gasteiger partial charge < -0.3 is 10.0 Å². The Morgan fingerprint density at radius 3 is 2.52 bits per heavy atom. The van der Waals surface area contributed by atoms with Gasteiger partial charge in [0.1, 0.15) is 0 Å². The molecular weight excluding hydrogens is 285 g/mol. The van der Waals surface area contributed by atoms with E-state index in [1.165, 1.54) is 0 Å². The van der Waals surface area contributed by atoms with E-state index in [1.54, 1.807) is 4.90 Å². The molecule has 2 saturated heterocycles. The molecule has 2 rings (SSSR count). The molecule has 0 aromatic rings. The molecule has 7 heteroatoms. The highest BCUT2D eigenvalue weighted by atomic mass is 19.4. The van der Waals surface area contributed by atoms with Crippen LogP contribution in [0.1, 0.15) is 32.6 Å². The Labute approximate surface area is 122 Å². The number of carbonyl (C=O) groups is 1. The Hall–Kier alpha value is -0.820. The summed E-state index contributed by atoms with van der Waals surface area (Å²) in [7, 11) is 0. The van der Waals surface area contributed by atoms with Gasteiger partial charge in [0, 0.05) is 12.6 Å². The molecule has 0 aromatic carbocycles. The van der Waals surface area contributed by atoms with Crippen LogP contribution in [0.15, 0.2) is 0 Å². The molecule has 0 spiro atoms. The SMILES string of the molecule is CCN1CCCC(N2CCC(C(=O)O)(C(F)(F)F)C2)CC1. The minimum Gasteiger partial charge on any atom is -0.481 e. The molecule has 0 radical (unpaired) electrons. The lowest BCUT2D eigenvalue weighted by molar-refractivity contribution is -0.227. The minimum atomic E-state index is -4.69. The van der Waals surface area contributed by atoms with Crippen LogP contribution in [0.2, 0.25) is 0 Å². The van der Waals surface area contributed by atoms with Crippen LogP contribution >= 0.6 is 0 Å². The van der Waals surface area contributed by atoms with Crippen molar-refractivity contribution < 1.29 is 23.1 Å². The number of aliphatic carboxylic acids is 1. The van der Waals surface area contributed by atoms with Gasteiger partial charge in [-0.25, -0.2) is 0 Å². The van der Waals surface area contributed by atoms with Crippen LogP contribution in [0.25, 0.3) is 0 Å². The van der Waals surface area contributed by atoms with Gasteiger partial charge in [-0.2, -0.15) is 13.2 Å². The van der Waals surface area contributed by atoms with Gasteiger partial charge in [-0.05, 0) is 51.9 Å². The molecule has 0 amide bonds. The van der Waals surface area contributed by atoms with Gasteiger partial charge in [-0.3, -0.25) is 9.69 Å². The number of carboxylic acids is 1. The Kier molecular flexibility index (Phi) is 4.82. The molecule has 2 atom stereocenters. The maximum atomic E-state index is 13.2. The summed E-state index contributed by atoms with van der Waals surface area (Å²) in [5, 5.41) is 9.10. The standard InChI is InChI=1S/C14H23F3N2O2/c1-2-18-7-3-4-11(5-8-18)19-9-6-13(10-19,12(20)21)14(15,16)17/h11H,2-10H2,1H3,(H,20,21). The molecule has 0 saturated carbocycles. The monoisotopic (exact) mass is 308 g/mol. The van der Waals surface area contributed by atoms with Crippen molar-refractivity contribution in [2.75, 3.05) is 32.7 Å². The molecule has 0 aromatic heterocycles. The highest BCUT2D eigenvalue weighted by molar-refractivity contribution is 5.76. The lowest BCUT2D eigenvalue weighted by atomic mass is 9.86. The van der Waals surface area contributed by atoms with Crippen LogP contribution in [-0.2, 0) is 4.79 Å². The smallest absolute Gasteiger partial charge is 0.406 e. The first kappa shape index (κ1) is 16.5. The van der Waals surface area contributed by atoms with E-state index in [9.17, 15) is 18.0 Å². The summed E-state index contributed by atoms with van der Waals surface area (Å²) in [6.45, 7) is 4.71. The predicted molar refractivity (Wildman–Crippen MR) is 72.1 cm³/mol. The summed E-state index contributed by atoms with van der Waals surface area (Å²) in [4.78, 5) is 15.3. The van der Waals surface area contributed by atoms with Crippen molar-refractivity contribution in [3.63, 3.8) is 0 Å². The number of likely N-dealkylation sites (tertiary alicyclic amines) is 2. The van der Waals surface area contributed by atoms with E-state index in [-0.39, 0.29) is 19.0 Å². The zero-order chi connectivity index (χ0) is 15.7. The lowest BCUT2D eigenvalue weighted by Crippen LogP contribution is -2.48. The number of alkyl halides is 3. The van der Waals surface area contributed by atoms with Crippen LogP contribution in [0.4, 0.5) is 13.2 Å². The highest BCUT2D eigenvalue weighted by Gasteiger charge is 2.64. The van der Waals surface area contributed by atoms with Crippen molar-refractivity contribution in [2.24, 2.45) is 5.41 Å². The molecule has 1 N–H and O–H groups in total. The second-order valence-corrected chi connectivity index (χ2v) is 6.12. The normalized spacial score (nSPS) is 33.0. The molecule has 2 aliphatic heterocycles. The Balaban J connectivity index is 2.05. The Morgan fingerprint density at radius 2 is 2.00 bits per heavy atom. The summed E-state index contributed by atoms with van der Waals surface area (Å²) in [6.07, 6.45) is -2.39. The fraction of sp³-hybridized carbons (Fsp3) is 0.929. The molecule has 2 heterocycles. The van der Waals surface area contributed by atoms with E-state index >= 15 is 0 Å². The summed E-state index contributed by atoms with van der Waals surface area (Å²) >= 11 is 0. The van der Waals surface area contributed by atoms with Crippen molar-refractivity contribution in [1.82, 2.24) is 9.80 Å². The first-order chi connectivity index (χ1) is 9.80. The Bertz CT molecular complexity index is 389. The largest absolute Gasteiger partial charge is 0.481 e. The fourth-order valence-corrected chi connectivity index (χ4v) is 3.50. The predicted octanol–water partition coefficient (Wildman–Crippen LogP) is 2.20. The van der Waals surface area contributed by atoms with E-state index in [1.807, 2.05) is 0 Å². The molecule has 4 nitrogen and oxygen atoms in total. The second-order valence-electron chi connectivity index (χ2n) is 6.12. The summed E-state index contributed by atoms with van der Waals surface area (Å²) in [5.74, 6) is -1.73. The molecule has 2 fully saturated rings. The van der Waals surface area contributed by atoms with Gasteiger partial charge >= 0.3 is 12.1 Å². The molecule has 2 unspecified atom stereocenters. The summed E-state index contributed by atoms with van der Waals surface area (Å²) in [6, 6.07) is 0.0742. The quantitative estimate of drug-likeness (QED) is 0.868. The number of rotatable bonds is 3. The maximum absolute atomic E-state index is 13.2. The van der Waals surface area contributed by atoms with Gasteiger partial charge in [0.15, 0.2) is 5.41 Å². The maximum Gasteiger partial charge on any atom is 0.406 e. The fourth-order valence-electron chi connectivity index (χ4n) is 3.50. The molecule has 0 bridgehead atoms. The van der Waals surface area contributed by atoms with Crippen molar-refractivity contribution in [3.05, 3.63) is 0 Å². The van der Waals surface area contributed by atoms with Gasteiger partial charge in [0.25, 0.3) is 0 Å². The van der Waals surface area contributed by atoms with Crippen molar-refractivity contribution in [2.45, 2.75) is 44.8 Å². The first-order valence-electron chi connectivity index (χ1n) is 7.56. The van der Waals surface area contributed by atoms with E-state index < -0.39 is 24.1 Å². The lowest BCUT2D eigenvalue weighted by Gasteiger charge is -2.30. The van der Waals surface area contributed by atoms with E-state index in [0.717, 1.165) is 38.9 Å². The minimum absolute atomic E-state index is 0.0742. The third kappa shape index (κ3) is 3.18. The van der Waals surface area contributed by atoms with E-state index in [0.29, 0.717) is 0 Å². The zero-order valence-electron chi connectivity index (χ0n) is 12.3. The molecule has 0 aliphatic carbocycles. The van der Waals surface area contributed by atoms with Gasteiger partial charge in [0.2, 0.25) is 0 Å². The van der Waals surface area contributed by atoms with Crippen LogP contribution in [0.5, 0.6) is 0 Å². The van der Waals surface area contributed by atoms with Gasteiger partial charge in [-0.1, -0.05) is 6.92 Å². The number of carboxylic acid groups (broad SMARTS) is 1. The molecule has 2 aliphatic rings. The summed E-state index contributed by atoms with van der Waals surface area (Å²) < 4.78 is 39.6. The van der Waals surface area contributed by atoms with Crippen LogP contribution in [0, 0.1) is 5.41 Å². The third-order valence-corrected chi connectivity index (χ3v) is 5.00. The highest BCUT2D eigenvalue weighted by Crippen LogP contribution is 2.46. The van der Waals surface area contributed by atoms with Gasteiger partial charge in [0.05, 0.1) is 0 Å². The molecule has 122 valence electrons. The number of hydrogen-bond acceptors (Lipinski definition) is 3. The third-order valence-electron chi connectivity index (χ3n) is 5.00. The van der Waals surface area contributed by atoms with E-state index in [2.05, 4.69) is 11.8 Å². The number of nitrogens with zero attached hydrogens (tertiary/aromatic N) is 2. The van der Waals surface area contributed by atoms with E-state index in [4.69, 9.17) is 5.11 Å². The van der Waals surface area contributed by atoms with Crippen LogP contribution in [-0.4, -0.2) is 65.8 Å². The van der Waals surface area contributed by atoms with Gasteiger partial charge in [-0.15, -0.1) is 0 Å². The van der Waals surface area contributed by atoms with Crippen molar-refractivity contribution in [3.8, 4) is 0 Å². The molecular formula is C14H23F3N2O2. The van der Waals surface area contributed by atoms with Crippen LogP contribution < -0.4 is 0 Å².